The smallest absolute Gasteiger partial charge is 0.222 e. The normalized spacial score (nSPS) is 14.1. The van der Waals surface area contributed by atoms with E-state index in [0.29, 0.717) is 18.9 Å². The first-order chi connectivity index (χ1) is 10.0. The summed E-state index contributed by atoms with van der Waals surface area (Å²) in [4.78, 5) is 14.0. The molecular formula is C17H24N2O2. The second-order valence-corrected chi connectivity index (χ2v) is 5.75. The summed E-state index contributed by atoms with van der Waals surface area (Å²) < 4.78 is 5.83. The zero-order valence-electron chi connectivity index (χ0n) is 13.0. The zero-order chi connectivity index (χ0) is 15.4. The minimum Gasteiger partial charge on any atom is -0.459 e. The maximum Gasteiger partial charge on any atom is 0.222 e. The molecule has 0 bridgehead atoms. The Morgan fingerprint density at radius 1 is 1.33 bits per heavy atom. The van der Waals surface area contributed by atoms with Gasteiger partial charge in [-0.05, 0) is 37.9 Å². The fourth-order valence-corrected chi connectivity index (χ4v) is 2.28. The van der Waals surface area contributed by atoms with E-state index < -0.39 is 0 Å². The summed E-state index contributed by atoms with van der Waals surface area (Å²) in [6, 6.07) is 9.82. The monoisotopic (exact) mass is 288 g/mol. The van der Waals surface area contributed by atoms with E-state index in [-0.39, 0.29) is 11.9 Å². The lowest BCUT2D eigenvalue weighted by molar-refractivity contribution is -0.132. The summed E-state index contributed by atoms with van der Waals surface area (Å²) >= 11 is 0. The second-order valence-electron chi connectivity index (χ2n) is 5.75. The standard InChI is InChI=1S/C17H24N2O2/c1-12(11-18)8-9-17(20)19(3)13(2)16-10-14-6-4-5-7-15(14)21-16/h4-7,10,12-13H,8-9,11,18H2,1-3H3. The number of rotatable bonds is 6. The molecule has 1 amide bonds. The van der Waals surface area contributed by atoms with Gasteiger partial charge in [0.05, 0.1) is 6.04 Å². The van der Waals surface area contributed by atoms with Crippen LogP contribution in [-0.2, 0) is 4.79 Å². The molecule has 21 heavy (non-hydrogen) atoms. The van der Waals surface area contributed by atoms with Crippen molar-refractivity contribution in [2.75, 3.05) is 13.6 Å². The van der Waals surface area contributed by atoms with Gasteiger partial charge in [0.25, 0.3) is 0 Å². The largest absolute Gasteiger partial charge is 0.459 e. The number of benzene rings is 1. The van der Waals surface area contributed by atoms with Crippen molar-refractivity contribution < 1.29 is 9.21 Å². The molecule has 2 aromatic rings. The van der Waals surface area contributed by atoms with E-state index in [1.807, 2.05) is 44.3 Å². The number of furan rings is 1. The van der Waals surface area contributed by atoms with Gasteiger partial charge in [-0.2, -0.15) is 0 Å². The molecule has 1 aromatic heterocycles. The Hall–Kier alpha value is -1.81. The Bertz CT molecular complexity index is 573. The number of fused-ring (bicyclic) bond motifs is 1. The third kappa shape index (κ3) is 3.64. The Balaban J connectivity index is 2.04. The molecule has 0 saturated carbocycles. The number of hydrogen-bond acceptors (Lipinski definition) is 3. The quantitative estimate of drug-likeness (QED) is 0.887. The number of nitrogens with zero attached hydrogens (tertiary/aromatic N) is 1. The van der Waals surface area contributed by atoms with Crippen LogP contribution in [0.4, 0.5) is 0 Å². The van der Waals surface area contributed by atoms with Crippen LogP contribution in [0.2, 0.25) is 0 Å². The molecule has 2 N–H and O–H groups in total. The first-order valence-electron chi connectivity index (χ1n) is 7.47. The predicted octanol–water partition coefficient (Wildman–Crippen LogP) is 3.33. The summed E-state index contributed by atoms with van der Waals surface area (Å²) in [6.45, 7) is 4.67. The van der Waals surface area contributed by atoms with Crippen molar-refractivity contribution in [2.24, 2.45) is 11.7 Å². The number of hydrogen-bond donors (Lipinski definition) is 1. The maximum absolute atomic E-state index is 12.2. The molecule has 0 spiro atoms. The summed E-state index contributed by atoms with van der Waals surface area (Å²) in [6.07, 6.45) is 1.35. The summed E-state index contributed by atoms with van der Waals surface area (Å²) in [5.41, 5.74) is 6.45. The molecule has 2 atom stereocenters. The summed E-state index contributed by atoms with van der Waals surface area (Å²) in [5, 5.41) is 1.07. The van der Waals surface area contributed by atoms with E-state index >= 15 is 0 Å². The van der Waals surface area contributed by atoms with Crippen molar-refractivity contribution in [3.8, 4) is 0 Å². The first kappa shape index (κ1) is 15.6. The Morgan fingerprint density at radius 2 is 2.05 bits per heavy atom. The van der Waals surface area contributed by atoms with Crippen molar-refractivity contribution >= 4 is 16.9 Å². The average Bonchev–Trinajstić information content (AvgIpc) is 2.94. The van der Waals surface area contributed by atoms with Crippen LogP contribution in [0, 0.1) is 5.92 Å². The zero-order valence-corrected chi connectivity index (χ0v) is 13.0. The SMILES string of the molecule is CC(CN)CCC(=O)N(C)C(C)c1cc2ccccc2o1. The lowest BCUT2D eigenvalue weighted by Gasteiger charge is -2.23. The maximum atomic E-state index is 12.2. The molecule has 1 aromatic carbocycles. The van der Waals surface area contributed by atoms with Gasteiger partial charge >= 0.3 is 0 Å². The minimum atomic E-state index is -0.0712. The van der Waals surface area contributed by atoms with Gasteiger partial charge in [-0.25, -0.2) is 0 Å². The lowest BCUT2D eigenvalue weighted by Crippen LogP contribution is -2.29. The average molecular weight is 288 g/mol. The first-order valence-corrected chi connectivity index (χ1v) is 7.47. The lowest BCUT2D eigenvalue weighted by atomic mass is 10.1. The Labute approximate surface area is 125 Å². The van der Waals surface area contributed by atoms with E-state index in [2.05, 4.69) is 6.92 Å². The van der Waals surface area contributed by atoms with Crippen molar-refractivity contribution in [1.29, 1.82) is 0 Å². The van der Waals surface area contributed by atoms with Crippen molar-refractivity contribution in [3.63, 3.8) is 0 Å². The molecule has 0 aliphatic carbocycles. The van der Waals surface area contributed by atoms with E-state index in [9.17, 15) is 4.79 Å². The number of amides is 1. The van der Waals surface area contributed by atoms with E-state index in [4.69, 9.17) is 10.2 Å². The predicted molar refractivity (Wildman–Crippen MR) is 84.9 cm³/mol. The van der Waals surface area contributed by atoms with Gasteiger partial charge in [0, 0.05) is 18.9 Å². The number of carbonyl (C=O) groups is 1. The summed E-state index contributed by atoms with van der Waals surface area (Å²) in [5.74, 6) is 1.33. The Kier molecular flexibility index (Phi) is 5.02. The van der Waals surface area contributed by atoms with Gasteiger partial charge in [0.15, 0.2) is 0 Å². The Morgan fingerprint density at radius 3 is 2.71 bits per heavy atom. The highest BCUT2D eigenvalue weighted by Crippen LogP contribution is 2.27. The highest BCUT2D eigenvalue weighted by atomic mass is 16.3. The fraction of sp³-hybridized carbons (Fsp3) is 0.471. The molecule has 0 radical (unpaired) electrons. The number of nitrogens with two attached hydrogens (primary N) is 1. The van der Waals surface area contributed by atoms with E-state index in [1.165, 1.54) is 0 Å². The molecular weight excluding hydrogens is 264 g/mol. The second kappa shape index (κ2) is 6.76. The van der Waals surface area contributed by atoms with Crippen LogP contribution in [-0.4, -0.2) is 24.4 Å². The van der Waals surface area contributed by atoms with Gasteiger partial charge in [-0.1, -0.05) is 25.1 Å². The molecule has 0 aliphatic heterocycles. The van der Waals surface area contributed by atoms with Crippen LogP contribution in [0.15, 0.2) is 34.7 Å². The highest BCUT2D eigenvalue weighted by molar-refractivity contribution is 5.79. The van der Waals surface area contributed by atoms with Crippen LogP contribution in [0.5, 0.6) is 0 Å². The van der Waals surface area contributed by atoms with Crippen LogP contribution in [0.3, 0.4) is 0 Å². The molecule has 4 nitrogen and oxygen atoms in total. The third-order valence-corrected chi connectivity index (χ3v) is 4.08. The van der Waals surface area contributed by atoms with Crippen molar-refractivity contribution in [3.05, 3.63) is 36.1 Å². The van der Waals surface area contributed by atoms with Crippen LogP contribution >= 0.6 is 0 Å². The van der Waals surface area contributed by atoms with E-state index in [0.717, 1.165) is 23.2 Å². The van der Waals surface area contributed by atoms with Crippen molar-refractivity contribution in [1.82, 2.24) is 4.90 Å². The number of para-hydroxylation sites is 1. The molecule has 2 rings (SSSR count). The van der Waals surface area contributed by atoms with Crippen LogP contribution in [0.25, 0.3) is 11.0 Å². The molecule has 0 saturated heterocycles. The van der Waals surface area contributed by atoms with E-state index in [1.54, 1.807) is 4.90 Å². The topological polar surface area (TPSA) is 59.5 Å². The molecule has 2 unspecified atom stereocenters. The molecule has 4 heteroatoms. The van der Waals surface area contributed by atoms with Gasteiger partial charge in [-0.15, -0.1) is 0 Å². The highest BCUT2D eigenvalue weighted by Gasteiger charge is 2.20. The van der Waals surface area contributed by atoms with Crippen LogP contribution < -0.4 is 5.73 Å². The molecule has 1 heterocycles. The minimum absolute atomic E-state index is 0.0712. The van der Waals surface area contributed by atoms with Gasteiger partial charge in [0.1, 0.15) is 11.3 Å². The summed E-state index contributed by atoms with van der Waals surface area (Å²) in [7, 11) is 1.83. The molecule has 0 fully saturated rings. The van der Waals surface area contributed by atoms with Gasteiger partial charge < -0.3 is 15.1 Å². The molecule has 114 valence electrons. The molecule has 0 aliphatic rings. The van der Waals surface area contributed by atoms with Crippen molar-refractivity contribution in [2.45, 2.75) is 32.7 Å². The van der Waals surface area contributed by atoms with Gasteiger partial charge in [-0.3, -0.25) is 4.79 Å². The fourth-order valence-electron chi connectivity index (χ4n) is 2.28. The van der Waals surface area contributed by atoms with Crippen LogP contribution in [0.1, 0.15) is 38.5 Å². The number of carbonyl (C=O) groups excluding carboxylic acids is 1. The van der Waals surface area contributed by atoms with Gasteiger partial charge in [0.2, 0.25) is 5.91 Å². The third-order valence-electron chi connectivity index (χ3n) is 4.08.